The molecule has 1 aromatic carbocycles. The molecule has 5 nitrogen and oxygen atoms in total. The molecule has 1 aromatic rings. The molecule has 5 heteroatoms. The van der Waals surface area contributed by atoms with Gasteiger partial charge in [-0.1, -0.05) is 6.07 Å². The van der Waals surface area contributed by atoms with Crippen LogP contribution in [0.1, 0.15) is 25.8 Å². The van der Waals surface area contributed by atoms with Crippen molar-refractivity contribution in [2.75, 3.05) is 27.4 Å². The van der Waals surface area contributed by atoms with E-state index in [-0.39, 0.29) is 6.10 Å². The molecule has 0 amide bonds. The van der Waals surface area contributed by atoms with E-state index in [1.165, 1.54) is 0 Å². The largest absolute Gasteiger partial charge is 0.493 e. The van der Waals surface area contributed by atoms with Crippen LogP contribution >= 0.6 is 0 Å². The van der Waals surface area contributed by atoms with Crippen LogP contribution in [-0.2, 0) is 11.3 Å². The third-order valence-corrected chi connectivity index (χ3v) is 2.93. The molecule has 21 heavy (non-hydrogen) atoms. The average molecular weight is 297 g/mol. The molecule has 0 bridgehead atoms. The maximum Gasteiger partial charge on any atom is 0.161 e. The van der Waals surface area contributed by atoms with E-state index in [4.69, 9.17) is 14.2 Å². The van der Waals surface area contributed by atoms with Crippen molar-refractivity contribution in [3.05, 3.63) is 23.8 Å². The summed E-state index contributed by atoms with van der Waals surface area (Å²) in [6, 6.07) is 5.91. The van der Waals surface area contributed by atoms with Crippen LogP contribution in [0.25, 0.3) is 0 Å². The van der Waals surface area contributed by atoms with Gasteiger partial charge in [0.2, 0.25) is 0 Å². The Morgan fingerprint density at radius 2 is 1.95 bits per heavy atom. The highest BCUT2D eigenvalue weighted by Crippen LogP contribution is 2.28. The van der Waals surface area contributed by atoms with E-state index in [1.807, 2.05) is 32.0 Å². The van der Waals surface area contributed by atoms with E-state index >= 15 is 0 Å². The summed E-state index contributed by atoms with van der Waals surface area (Å²) in [5.74, 6) is 1.49. The molecule has 120 valence electrons. The summed E-state index contributed by atoms with van der Waals surface area (Å²) < 4.78 is 15.9. The Hall–Kier alpha value is -1.30. The molecule has 0 radical (unpaired) electrons. The van der Waals surface area contributed by atoms with Crippen molar-refractivity contribution >= 4 is 0 Å². The Bertz CT molecular complexity index is 409. The van der Waals surface area contributed by atoms with Crippen LogP contribution in [0.2, 0.25) is 0 Å². The summed E-state index contributed by atoms with van der Waals surface area (Å²) in [6.07, 6.45) is 0.364. The van der Waals surface area contributed by atoms with Crippen molar-refractivity contribution < 1.29 is 19.3 Å². The first-order chi connectivity index (χ1) is 10.1. The van der Waals surface area contributed by atoms with Crippen LogP contribution in [0.3, 0.4) is 0 Å². The number of ether oxygens (including phenoxy) is 3. The van der Waals surface area contributed by atoms with Crippen molar-refractivity contribution in [2.45, 2.75) is 39.0 Å². The molecular formula is C16H27NO4. The summed E-state index contributed by atoms with van der Waals surface area (Å²) in [6.45, 7) is 5.80. The van der Waals surface area contributed by atoms with E-state index in [0.717, 1.165) is 30.2 Å². The van der Waals surface area contributed by atoms with Gasteiger partial charge >= 0.3 is 0 Å². The van der Waals surface area contributed by atoms with Crippen molar-refractivity contribution in [1.82, 2.24) is 5.32 Å². The number of methoxy groups -OCH3 is 2. The fraction of sp³-hybridized carbons (Fsp3) is 0.625. The van der Waals surface area contributed by atoms with Crippen molar-refractivity contribution in [3.63, 3.8) is 0 Å². The summed E-state index contributed by atoms with van der Waals surface area (Å²) in [5.41, 5.74) is 1.11. The van der Waals surface area contributed by atoms with Gasteiger partial charge in [-0.2, -0.15) is 0 Å². The Labute approximate surface area is 127 Å². The van der Waals surface area contributed by atoms with Gasteiger partial charge in [0, 0.05) is 13.7 Å². The second kappa shape index (κ2) is 9.60. The van der Waals surface area contributed by atoms with Gasteiger partial charge in [-0.3, -0.25) is 0 Å². The molecule has 0 saturated carbocycles. The van der Waals surface area contributed by atoms with Crippen LogP contribution in [0.15, 0.2) is 18.2 Å². The highest BCUT2D eigenvalue weighted by Gasteiger charge is 2.08. The molecule has 0 heterocycles. The van der Waals surface area contributed by atoms with Crippen LogP contribution in [-0.4, -0.2) is 44.7 Å². The zero-order valence-electron chi connectivity index (χ0n) is 13.4. The molecule has 0 aliphatic heterocycles. The van der Waals surface area contributed by atoms with Crippen LogP contribution in [0.4, 0.5) is 0 Å². The molecule has 0 aliphatic carbocycles. The molecule has 1 unspecified atom stereocenters. The first kappa shape index (κ1) is 17.8. The van der Waals surface area contributed by atoms with Gasteiger partial charge in [0.1, 0.15) is 0 Å². The monoisotopic (exact) mass is 297 g/mol. The van der Waals surface area contributed by atoms with E-state index in [1.54, 1.807) is 14.2 Å². The third-order valence-electron chi connectivity index (χ3n) is 2.93. The zero-order chi connectivity index (χ0) is 15.7. The molecule has 1 rings (SSSR count). The minimum Gasteiger partial charge on any atom is -0.493 e. The van der Waals surface area contributed by atoms with Gasteiger partial charge in [0.25, 0.3) is 0 Å². The minimum absolute atomic E-state index is 0.116. The highest BCUT2D eigenvalue weighted by molar-refractivity contribution is 5.43. The molecule has 0 spiro atoms. The van der Waals surface area contributed by atoms with Crippen LogP contribution in [0, 0.1) is 0 Å². The lowest BCUT2D eigenvalue weighted by molar-refractivity contribution is 0.0594. The lowest BCUT2D eigenvalue weighted by atomic mass is 10.2. The maximum absolute atomic E-state index is 9.55. The van der Waals surface area contributed by atoms with E-state index in [2.05, 4.69) is 5.32 Å². The maximum atomic E-state index is 9.55. The third kappa shape index (κ3) is 6.80. The Kier molecular flexibility index (Phi) is 8.12. The quantitative estimate of drug-likeness (QED) is 0.647. The normalized spacial score (nSPS) is 12.5. The van der Waals surface area contributed by atoms with Gasteiger partial charge in [0.05, 0.1) is 25.9 Å². The summed E-state index contributed by atoms with van der Waals surface area (Å²) in [7, 11) is 3.23. The second-order valence-corrected chi connectivity index (χ2v) is 5.23. The van der Waals surface area contributed by atoms with Crippen molar-refractivity contribution in [2.24, 2.45) is 0 Å². The summed E-state index contributed by atoms with van der Waals surface area (Å²) in [4.78, 5) is 0. The Morgan fingerprint density at radius 1 is 1.19 bits per heavy atom. The molecule has 1 atom stereocenters. The van der Waals surface area contributed by atoms with Gasteiger partial charge in [-0.25, -0.2) is 0 Å². The lowest BCUT2D eigenvalue weighted by Gasteiger charge is -2.15. The fourth-order valence-electron chi connectivity index (χ4n) is 1.95. The lowest BCUT2D eigenvalue weighted by Crippen LogP contribution is -2.23. The van der Waals surface area contributed by atoms with Crippen molar-refractivity contribution in [3.8, 4) is 11.5 Å². The first-order valence-corrected chi connectivity index (χ1v) is 7.28. The summed E-state index contributed by atoms with van der Waals surface area (Å²) in [5, 5.41) is 12.8. The number of aliphatic hydroxyl groups excluding tert-OH is 1. The number of benzene rings is 1. The molecule has 2 N–H and O–H groups in total. The standard InChI is InChI=1S/C16H27NO4/c1-12(2)21-15-6-5-13(9-16(15)20-4)10-17-8-7-14(18)11-19-3/h5-6,9,12,14,17-18H,7-8,10-11H2,1-4H3. The van der Waals surface area contributed by atoms with Gasteiger partial charge in [-0.05, 0) is 44.5 Å². The van der Waals surface area contributed by atoms with E-state index in [0.29, 0.717) is 13.0 Å². The summed E-state index contributed by atoms with van der Waals surface area (Å²) >= 11 is 0. The molecule has 0 fully saturated rings. The topological polar surface area (TPSA) is 60.0 Å². The zero-order valence-corrected chi connectivity index (χ0v) is 13.4. The number of aliphatic hydroxyl groups is 1. The second-order valence-electron chi connectivity index (χ2n) is 5.23. The fourth-order valence-corrected chi connectivity index (χ4v) is 1.95. The Morgan fingerprint density at radius 3 is 2.57 bits per heavy atom. The van der Waals surface area contributed by atoms with Crippen molar-refractivity contribution in [1.29, 1.82) is 0 Å². The molecular weight excluding hydrogens is 270 g/mol. The SMILES string of the molecule is COCC(O)CCNCc1ccc(OC(C)C)c(OC)c1. The number of hydrogen-bond donors (Lipinski definition) is 2. The predicted molar refractivity (Wildman–Crippen MR) is 83.0 cm³/mol. The smallest absolute Gasteiger partial charge is 0.161 e. The van der Waals surface area contributed by atoms with Crippen LogP contribution in [0.5, 0.6) is 11.5 Å². The number of nitrogens with one attached hydrogen (secondary N) is 1. The molecule has 0 saturated heterocycles. The van der Waals surface area contributed by atoms with E-state index in [9.17, 15) is 5.11 Å². The van der Waals surface area contributed by atoms with E-state index < -0.39 is 6.10 Å². The van der Waals surface area contributed by atoms with Gasteiger partial charge in [0.15, 0.2) is 11.5 Å². The molecule has 0 aromatic heterocycles. The average Bonchev–Trinajstić information content (AvgIpc) is 2.44. The Balaban J connectivity index is 2.45. The van der Waals surface area contributed by atoms with Gasteiger partial charge < -0.3 is 24.6 Å². The number of hydrogen-bond acceptors (Lipinski definition) is 5. The van der Waals surface area contributed by atoms with Gasteiger partial charge in [-0.15, -0.1) is 0 Å². The van der Waals surface area contributed by atoms with Crippen LogP contribution < -0.4 is 14.8 Å². The first-order valence-electron chi connectivity index (χ1n) is 7.28. The minimum atomic E-state index is -0.418. The molecule has 0 aliphatic rings. The highest BCUT2D eigenvalue weighted by atomic mass is 16.5. The number of rotatable bonds is 10. The predicted octanol–water partition coefficient (Wildman–Crippen LogP) is 1.97.